The lowest BCUT2D eigenvalue weighted by Crippen LogP contribution is -2.39. The number of Topliss-reactive ketones (excluding diaryl/α,β-unsaturated/α-hetero) is 1. The zero-order valence-corrected chi connectivity index (χ0v) is 33.5. The molecule has 0 saturated heterocycles. The van der Waals surface area contributed by atoms with E-state index in [0.717, 1.165) is 56.5 Å². The van der Waals surface area contributed by atoms with Crippen molar-refractivity contribution in [3.8, 4) is 5.75 Å². The van der Waals surface area contributed by atoms with E-state index in [9.17, 15) is 14.4 Å². The fourth-order valence-corrected chi connectivity index (χ4v) is 6.32. The van der Waals surface area contributed by atoms with Crippen LogP contribution in [-0.2, 0) is 16.1 Å². The zero-order valence-electron chi connectivity index (χ0n) is 33.5. The molecule has 13 heteroatoms. The summed E-state index contributed by atoms with van der Waals surface area (Å²) in [6, 6.07) is 12.6. The first-order chi connectivity index (χ1) is 25.8. The van der Waals surface area contributed by atoms with Gasteiger partial charge >= 0.3 is 5.69 Å². The molecule has 0 spiro atoms. The summed E-state index contributed by atoms with van der Waals surface area (Å²) in [5, 5.41) is 3.72. The van der Waals surface area contributed by atoms with Crippen LogP contribution < -0.4 is 21.5 Å². The number of nitrogens with zero attached hydrogens (tertiary/aromatic N) is 5. The van der Waals surface area contributed by atoms with Crippen LogP contribution in [0.25, 0.3) is 21.9 Å². The van der Waals surface area contributed by atoms with Crippen molar-refractivity contribution in [2.24, 2.45) is 0 Å². The highest BCUT2D eigenvalue weighted by Crippen LogP contribution is 2.29. The molecule has 296 valence electrons. The molecule has 4 aromatic rings. The number of nitrogens with one attached hydrogen (secondary N) is 2. The van der Waals surface area contributed by atoms with E-state index in [1.54, 1.807) is 29.9 Å². The maximum atomic E-state index is 13.1. The van der Waals surface area contributed by atoms with Gasteiger partial charge in [0.1, 0.15) is 23.7 Å². The number of imidazole rings is 1. The van der Waals surface area contributed by atoms with Gasteiger partial charge in [0.05, 0.1) is 24.2 Å². The van der Waals surface area contributed by atoms with Crippen LogP contribution in [0.1, 0.15) is 75.2 Å². The number of rotatable bonds is 23. The van der Waals surface area contributed by atoms with Crippen molar-refractivity contribution in [2.75, 3.05) is 86.5 Å². The Kier molecular flexibility index (Phi) is 16.0. The number of ketones is 1. The van der Waals surface area contributed by atoms with Crippen LogP contribution in [-0.4, -0.2) is 127 Å². The van der Waals surface area contributed by atoms with E-state index < -0.39 is 0 Å². The van der Waals surface area contributed by atoms with Crippen LogP contribution in [0.5, 0.6) is 5.75 Å². The number of amides is 1. The van der Waals surface area contributed by atoms with Gasteiger partial charge in [0, 0.05) is 49.1 Å². The van der Waals surface area contributed by atoms with Gasteiger partial charge in [0.2, 0.25) is 5.91 Å². The van der Waals surface area contributed by atoms with Crippen LogP contribution in [0.4, 0.5) is 5.82 Å². The van der Waals surface area contributed by atoms with Crippen LogP contribution in [0.2, 0.25) is 0 Å². The highest BCUT2D eigenvalue weighted by Gasteiger charge is 2.18. The van der Waals surface area contributed by atoms with Crippen LogP contribution in [0.15, 0.2) is 47.3 Å². The Balaban J connectivity index is 1.16. The smallest absolute Gasteiger partial charge is 0.326 e. The molecular weight excluding hydrogens is 685 g/mol. The molecule has 0 aliphatic carbocycles. The van der Waals surface area contributed by atoms with Crippen molar-refractivity contribution in [1.82, 2.24) is 34.6 Å². The number of nitrogen functional groups attached to an aromatic ring is 1. The first-order valence-corrected chi connectivity index (χ1v) is 19.2. The number of nitrogens with two attached hydrogens (primary N) is 1. The topological polar surface area (TPSA) is 151 Å². The number of pyridine rings is 1. The molecule has 0 fully saturated rings. The Labute approximate surface area is 320 Å². The van der Waals surface area contributed by atoms with Crippen LogP contribution in [0.3, 0.4) is 0 Å². The van der Waals surface area contributed by atoms with Gasteiger partial charge in [-0.15, -0.1) is 0 Å². The molecule has 0 saturated carbocycles. The lowest BCUT2D eigenvalue weighted by molar-refractivity contribution is -0.121. The van der Waals surface area contributed by atoms with E-state index in [2.05, 4.69) is 71.9 Å². The zero-order chi connectivity index (χ0) is 39.3. The third-order valence-electron chi connectivity index (χ3n) is 10.0. The van der Waals surface area contributed by atoms with Crippen LogP contribution >= 0.6 is 0 Å². The Morgan fingerprint density at radius 3 is 2.22 bits per heavy atom. The predicted molar refractivity (Wildman–Crippen MR) is 218 cm³/mol. The van der Waals surface area contributed by atoms with Gasteiger partial charge in [-0.25, -0.2) is 9.78 Å². The monoisotopic (exact) mass is 746 g/mol. The Morgan fingerprint density at radius 2 is 1.56 bits per heavy atom. The molecule has 2 heterocycles. The lowest BCUT2D eigenvalue weighted by atomic mass is 10.0. The summed E-state index contributed by atoms with van der Waals surface area (Å²) >= 11 is 0. The number of carbonyl (C=O) groups is 2. The molecule has 0 radical (unpaired) electrons. The molecule has 2 aromatic heterocycles. The number of unbranched alkanes of at least 4 members (excludes halogenated alkanes) is 1. The van der Waals surface area contributed by atoms with Gasteiger partial charge in [0.25, 0.3) is 0 Å². The van der Waals surface area contributed by atoms with Gasteiger partial charge < -0.3 is 40.2 Å². The minimum absolute atomic E-state index is 0.100. The predicted octanol–water partition coefficient (Wildman–Crippen LogP) is 4.77. The third-order valence-corrected chi connectivity index (χ3v) is 10.0. The van der Waals surface area contributed by atoms with Gasteiger partial charge in [-0.3, -0.25) is 14.2 Å². The number of ether oxygens (including phenoxy) is 2. The molecule has 0 atom stereocenters. The highest BCUT2D eigenvalue weighted by atomic mass is 16.5. The number of hydrogen-bond donors (Lipinski definition) is 3. The Bertz CT molecular complexity index is 1860. The summed E-state index contributed by atoms with van der Waals surface area (Å²) < 4.78 is 12.4. The normalized spacial score (nSPS) is 12.1. The third kappa shape index (κ3) is 12.6. The highest BCUT2D eigenvalue weighted by molar-refractivity contribution is 6.06. The van der Waals surface area contributed by atoms with Gasteiger partial charge in [-0.1, -0.05) is 24.3 Å². The number of carbonyl (C=O) groups excluding carboxylic acids is 2. The second-order valence-corrected chi connectivity index (χ2v) is 15.3. The SMILES string of the molecule is COCCOc1ccc2c(c1)nc(N)c1[nH]c(=O)n(Cc3ccc(C(=O)CCC(=O)NCCCN(C)CCCCN(C)CCCN(C)C(C)(C)C)cc3)c12. The first kappa shape index (κ1) is 42.4. The van der Waals surface area contributed by atoms with Crippen molar-refractivity contribution in [3.05, 3.63) is 64.1 Å². The quantitative estimate of drug-likeness (QED) is 0.0716. The standard InChI is InChI=1S/C41H62N8O5/c1-41(2,3)48(6)25-11-24-47(5)22-9-8-21-46(4)23-10-20-43-36(51)19-18-35(50)31-14-12-30(13-15-31)29-49-38-33-17-16-32(54-27-26-53-7)28-34(33)44-39(42)37(38)45-40(49)52/h12-17,28H,8-11,18-27,29H2,1-7H3,(H2,42,44)(H,43,51)(H,45,52). The van der Waals surface area contributed by atoms with Crippen molar-refractivity contribution < 1.29 is 19.1 Å². The van der Waals surface area contributed by atoms with E-state index in [4.69, 9.17) is 15.2 Å². The summed E-state index contributed by atoms with van der Waals surface area (Å²) in [4.78, 5) is 52.9. The van der Waals surface area contributed by atoms with Crippen molar-refractivity contribution in [2.45, 2.75) is 71.4 Å². The summed E-state index contributed by atoms with van der Waals surface area (Å²) in [5.74, 6) is 0.628. The molecule has 4 rings (SSSR count). The van der Waals surface area contributed by atoms with Gasteiger partial charge in [0.15, 0.2) is 5.78 Å². The van der Waals surface area contributed by atoms with Crippen molar-refractivity contribution in [3.63, 3.8) is 0 Å². The first-order valence-electron chi connectivity index (χ1n) is 19.2. The molecule has 0 aliphatic heterocycles. The maximum absolute atomic E-state index is 13.1. The molecular formula is C41H62N8O5. The molecule has 0 unspecified atom stereocenters. The minimum atomic E-state index is -0.311. The molecule has 2 aromatic carbocycles. The average molecular weight is 747 g/mol. The lowest BCUT2D eigenvalue weighted by Gasteiger charge is -2.32. The summed E-state index contributed by atoms with van der Waals surface area (Å²) in [5.41, 5.74) is 9.24. The average Bonchev–Trinajstić information content (AvgIpc) is 3.46. The minimum Gasteiger partial charge on any atom is -0.491 e. The van der Waals surface area contributed by atoms with Crippen LogP contribution in [0, 0.1) is 0 Å². The summed E-state index contributed by atoms with van der Waals surface area (Å²) in [6.07, 6.45) is 4.63. The summed E-state index contributed by atoms with van der Waals surface area (Å²) in [7, 11) is 8.14. The number of anilines is 1. The second-order valence-electron chi connectivity index (χ2n) is 15.3. The largest absolute Gasteiger partial charge is 0.491 e. The van der Waals surface area contributed by atoms with E-state index in [1.807, 2.05) is 24.3 Å². The Hall–Kier alpha value is -4.30. The Morgan fingerprint density at radius 1 is 0.889 bits per heavy atom. The molecule has 13 nitrogen and oxygen atoms in total. The molecule has 4 N–H and O–H groups in total. The molecule has 0 bridgehead atoms. The number of fused-ring (bicyclic) bond motifs is 3. The second kappa shape index (κ2) is 20.4. The number of aromatic nitrogens is 3. The van der Waals surface area contributed by atoms with Gasteiger partial charge in [-0.2, -0.15) is 0 Å². The fraction of sp³-hybridized carbons (Fsp3) is 0.561. The number of H-pyrrole nitrogens is 1. The fourth-order valence-electron chi connectivity index (χ4n) is 6.32. The van der Waals surface area contributed by atoms with E-state index >= 15 is 0 Å². The van der Waals surface area contributed by atoms with E-state index in [0.29, 0.717) is 47.6 Å². The van der Waals surface area contributed by atoms with E-state index in [-0.39, 0.29) is 48.1 Å². The molecule has 0 aliphatic rings. The van der Waals surface area contributed by atoms with Crippen molar-refractivity contribution >= 4 is 39.4 Å². The van der Waals surface area contributed by atoms with Gasteiger partial charge in [-0.05, 0) is 118 Å². The molecule has 54 heavy (non-hydrogen) atoms. The number of benzene rings is 2. The number of methoxy groups -OCH3 is 1. The van der Waals surface area contributed by atoms with Crippen molar-refractivity contribution in [1.29, 1.82) is 0 Å². The number of hydrogen-bond acceptors (Lipinski definition) is 10. The van der Waals surface area contributed by atoms with E-state index in [1.165, 1.54) is 12.8 Å². The summed E-state index contributed by atoms with van der Waals surface area (Å²) in [6.45, 7) is 13.8. The maximum Gasteiger partial charge on any atom is 0.326 e. The number of aromatic amines is 1. The molecule has 1 amide bonds.